The molecule has 1 aromatic rings. The summed E-state index contributed by atoms with van der Waals surface area (Å²) in [5.74, 6) is 1.19. The molecule has 1 fully saturated rings. The van der Waals surface area contributed by atoms with Crippen molar-refractivity contribution < 1.29 is 14.3 Å². The number of carbonyl (C=O) groups is 1. The highest BCUT2D eigenvalue weighted by molar-refractivity contribution is 5.88. The van der Waals surface area contributed by atoms with E-state index in [-0.39, 0.29) is 5.56 Å². The molecular weight excluding hydrogens is 254 g/mol. The first kappa shape index (κ1) is 15.1. The fourth-order valence-corrected chi connectivity index (χ4v) is 3.15. The Morgan fingerprint density at radius 2 is 2.10 bits per heavy atom. The number of furan rings is 1. The van der Waals surface area contributed by atoms with Crippen LogP contribution in [0.5, 0.6) is 0 Å². The molecule has 2 N–H and O–H groups in total. The topological polar surface area (TPSA) is 62.5 Å². The zero-order chi connectivity index (χ0) is 14.5. The fraction of sp³-hybridized carbons (Fsp3) is 0.688. The Bertz CT molecular complexity index is 445. The van der Waals surface area contributed by atoms with Gasteiger partial charge in [0.05, 0.1) is 6.54 Å². The number of aryl methyl sites for hydroxylation is 1. The normalized spacial score (nSPS) is 22.9. The summed E-state index contributed by atoms with van der Waals surface area (Å²) in [5.41, 5.74) is 0.272. The lowest BCUT2D eigenvalue weighted by atomic mass is 9.83. The molecule has 2 rings (SSSR count). The van der Waals surface area contributed by atoms with Gasteiger partial charge in [0.2, 0.25) is 0 Å². The Kier molecular flexibility index (Phi) is 5.24. The summed E-state index contributed by atoms with van der Waals surface area (Å²) in [4.78, 5) is 11.0. The molecule has 1 saturated carbocycles. The van der Waals surface area contributed by atoms with Crippen molar-refractivity contribution in [3.63, 3.8) is 0 Å². The van der Waals surface area contributed by atoms with Crippen LogP contribution < -0.4 is 5.32 Å². The summed E-state index contributed by atoms with van der Waals surface area (Å²) in [6.07, 6.45) is 7.69. The van der Waals surface area contributed by atoms with E-state index < -0.39 is 5.97 Å². The molecule has 0 saturated heterocycles. The maximum Gasteiger partial charge on any atom is 0.339 e. The molecule has 4 nitrogen and oxygen atoms in total. The zero-order valence-electron chi connectivity index (χ0n) is 12.4. The lowest BCUT2D eigenvalue weighted by Crippen LogP contribution is -2.32. The molecule has 0 radical (unpaired) electrons. The molecular formula is C16H25NO3. The second-order valence-electron chi connectivity index (χ2n) is 5.87. The Balaban J connectivity index is 1.79. The first-order valence-electron chi connectivity index (χ1n) is 7.66. The van der Waals surface area contributed by atoms with Crippen LogP contribution in [0.1, 0.15) is 67.3 Å². The van der Waals surface area contributed by atoms with Crippen LogP contribution >= 0.6 is 0 Å². The van der Waals surface area contributed by atoms with Gasteiger partial charge in [0.25, 0.3) is 0 Å². The number of hydrogen-bond acceptors (Lipinski definition) is 3. The second kappa shape index (κ2) is 6.93. The van der Waals surface area contributed by atoms with Crippen molar-refractivity contribution in [1.82, 2.24) is 5.32 Å². The van der Waals surface area contributed by atoms with Crippen LogP contribution in [0.2, 0.25) is 0 Å². The predicted octanol–water partition coefficient (Wildman–Crippen LogP) is 3.73. The number of hydrogen-bond donors (Lipinski definition) is 2. The van der Waals surface area contributed by atoms with Gasteiger partial charge in [-0.05, 0) is 44.6 Å². The summed E-state index contributed by atoms with van der Waals surface area (Å²) in [6, 6.07) is 2.18. The van der Waals surface area contributed by atoms with Gasteiger partial charge < -0.3 is 14.8 Å². The van der Waals surface area contributed by atoms with Crippen LogP contribution in [0.3, 0.4) is 0 Å². The van der Waals surface area contributed by atoms with Gasteiger partial charge in [-0.15, -0.1) is 0 Å². The maximum atomic E-state index is 11.0. The zero-order valence-corrected chi connectivity index (χ0v) is 12.4. The quantitative estimate of drug-likeness (QED) is 0.832. The average Bonchev–Trinajstić information content (AvgIpc) is 2.80. The van der Waals surface area contributed by atoms with E-state index in [1.54, 1.807) is 13.0 Å². The molecule has 1 aliphatic rings. The first-order valence-corrected chi connectivity index (χ1v) is 7.66. The summed E-state index contributed by atoms with van der Waals surface area (Å²) < 4.78 is 5.48. The molecule has 112 valence electrons. The molecule has 20 heavy (non-hydrogen) atoms. The number of rotatable bonds is 6. The van der Waals surface area contributed by atoms with Crippen molar-refractivity contribution in [2.75, 3.05) is 0 Å². The van der Waals surface area contributed by atoms with Crippen molar-refractivity contribution in [2.24, 2.45) is 5.92 Å². The monoisotopic (exact) mass is 279 g/mol. The van der Waals surface area contributed by atoms with E-state index in [0.29, 0.717) is 18.3 Å². The molecule has 1 heterocycles. The Morgan fingerprint density at radius 1 is 1.40 bits per heavy atom. The average molecular weight is 279 g/mol. The smallest absolute Gasteiger partial charge is 0.339 e. The minimum atomic E-state index is -0.919. The fourth-order valence-electron chi connectivity index (χ4n) is 3.15. The van der Waals surface area contributed by atoms with E-state index in [4.69, 9.17) is 9.52 Å². The standard InChI is InChI=1S/C16H25NO3/c1-3-4-12-5-7-13(8-6-12)17-10-14-9-15(16(18)19)11(2)20-14/h9,12-13,17H,3-8,10H2,1-2H3,(H,18,19). The Morgan fingerprint density at radius 3 is 2.65 bits per heavy atom. The minimum Gasteiger partial charge on any atom is -0.478 e. The van der Waals surface area contributed by atoms with Crippen molar-refractivity contribution in [3.05, 3.63) is 23.2 Å². The van der Waals surface area contributed by atoms with Crippen molar-refractivity contribution in [3.8, 4) is 0 Å². The van der Waals surface area contributed by atoms with Crippen molar-refractivity contribution >= 4 is 5.97 Å². The van der Waals surface area contributed by atoms with Gasteiger partial charge in [-0.25, -0.2) is 4.79 Å². The maximum absolute atomic E-state index is 11.0. The van der Waals surface area contributed by atoms with Gasteiger partial charge in [-0.3, -0.25) is 0 Å². The molecule has 0 amide bonds. The second-order valence-corrected chi connectivity index (χ2v) is 5.87. The summed E-state index contributed by atoms with van der Waals surface area (Å²) in [5, 5.41) is 12.5. The largest absolute Gasteiger partial charge is 0.478 e. The molecule has 0 atom stereocenters. The van der Waals surface area contributed by atoms with Crippen LogP contribution in [-0.2, 0) is 6.54 Å². The highest BCUT2D eigenvalue weighted by Crippen LogP contribution is 2.28. The van der Waals surface area contributed by atoms with Crippen LogP contribution in [0, 0.1) is 12.8 Å². The first-order chi connectivity index (χ1) is 9.60. The summed E-state index contributed by atoms with van der Waals surface area (Å²) in [6.45, 7) is 4.57. The van der Waals surface area contributed by atoms with Gasteiger partial charge in [0, 0.05) is 6.04 Å². The number of nitrogens with one attached hydrogen (secondary N) is 1. The van der Waals surface area contributed by atoms with Crippen molar-refractivity contribution in [1.29, 1.82) is 0 Å². The van der Waals surface area contributed by atoms with E-state index in [1.807, 2.05) is 0 Å². The van der Waals surface area contributed by atoms with Crippen LogP contribution in [0.15, 0.2) is 10.5 Å². The molecule has 0 bridgehead atoms. The third kappa shape index (κ3) is 3.85. The molecule has 0 aromatic carbocycles. The molecule has 1 aromatic heterocycles. The Hall–Kier alpha value is -1.29. The SMILES string of the molecule is CCCC1CCC(NCc2cc(C(=O)O)c(C)o2)CC1. The van der Waals surface area contributed by atoms with Crippen LogP contribution in [0.25, 0.3) is 0 Å². The lowest BCUT2D eigenvalue weighted by molar-refractivity contribution is 0.0695. The van der Waals surface area contributed by atoms with E-state index in [0.717, 1.165) is 11.7 Å². The summed E-state index contributed by atoms with van der Waals surface area (Å²) in [7, 11) is 0. The molecule has 1 aliphatic carbocycles. The Labute approximate surface area is 120 Å². The van der Waals surface area contributed by atoms with Gasteiger partial charge in [0.15, 0.2) is 0 Å². The minimum absolute atomic E-state index is 0.272. The van der Waals surface area contributed by atoms with E-state index in [1.165, 1.54) is 38.5 Å². The van der Waals surface area contributed by atoms with Crippen molar-refractivity contribution in [2.45, 2.75) is 65.0 Å². The molecule has 4 heteroatoms. The predicted molar refractivity (Wildman–Crippen MR) is 77.9 cm³/mol. The van der Waals surface area contributed by atoms with Gasteiger partial charge in [0.1, 0.15) is 17.1 Å². The highest BCUT2D eigenvalue weighted by atomic mass is 16.4. The van der Waals surface area contributed by atoms with E-state index in [9.17, 15) is 4.79 Å². The van der Waals surface area contributed by atoms with Gasteiger partial charge in [-0.1, -0.05) is 19.8 Å². The van der Waals surface area contributed by atoms with Crippen LogP contribution in [0.4, 0.5) is 0 Å². The third-order valence-electron chi connectivity index (χ3n) is 4.31. The number of carboxylic acids is 1. The van der Waals surface area contributed by atoms with Crippen LogP contribution in [-0.4, -0.2) is 17.1 Å². The van der Waals surface area contributed by atoms with Gasteiger partial charge in [-0.2, -0.15) is 0 Å². The molecule has 0 aliphatic heterocycles. The number of carboxylic acid groups (broad SMARTS) is 1. The van der Waals surface area contributed by atoms with Gasteiger partial charge >= 0.3 is 5.97 Å². The summed E-state index contributed by atoms with van der Waals surface area (Å²) >= 11 is 0. The van der Waals surface area contributed by atoms with E-state index >= 15 is 0 Å². The number of aromatic carboxylic acids is 1. The highest BCUT2D eigenvalue weighted by Gasteiger charge is 2.21. The molecule has 0 unspecified atom stereocenters. The van der Waals surface area contributed by atoms with E-state index in [2.05, 4.69) is 12.2 Å². The third-order valence-corrected chi connectivity index (χ3v) is 4.31. The molecule has 0 spiro atoms. The lowest BCUT2D eigenvalue weighted by Gasteiger charge is -2.28.